The molecule has 0 aliphatic heterocycles. The summed E-state index contributed by atoms with van der Waals surface area (Å²) in [7, 11) is 0. The maximum atomic E-state index is 13.1. The lowest BCUT2D eigenvalue weighted by Crippen LogP contribution is -2.03. The van der Waals surface area contributed by atoms with Crippen LogP contribution in [-0.4, -0.2) is 25.5 Å². The summed E-state index contributed by atoms with van der Waals surface area (Å²) in [5, 5.41) is 52.8. The van der Waals surface area contributed by atoms with Crippen molar-refractivity contribution >= 4 is 21.9 Å². The first-order chi connectivity index (χ1) is 19.1. The molecule has 198 valence electrons. The van der Waals surface area contributed by atoms with Crippen molar-refractivity contribution in [3.05, 3.63) is 98.8 Å². The van der Waals surface area contributed by atoms with Crippen molar-refractivity contribution in [2.45, 2.75) is 6.92 Å². The summed E-state index contributed by atoms with van der Waals surface area (Å²) in [5.41, 5.74) is -0.475. The van der Waals surface area contributed by atoms with Crippen LogP contribution in [-0.2, 0) is 0 Å². The molecule has 4 aromatic carbocycles. The van der Waals surface area contributed by atoms with Gasteiger partial charge in [0.15, 0.2) is 10.9 Å². The zero-order chi connectivity index (χ0) is 28.3. The summed E-state index contributed by atoms with van der Waals surface area (Å²) in [6.07, 6.45) is 0. The molecule has 40 heavy (non-hydrogen) atoms. The first-order valence-electron chi connectivity index (χ1n) is 12.0. The Labute approximate surface area is 224 Å². The molecule has 0 bridgehead atoms. The molecule has 0 fully saturated rings. The summed E-state index contributed by atoms with van der Waals surface area (Å²) < 4.78 is 11.5. The van der Waals surface area contributed by atoms with Crippen molar-refractivity contribution in [1.82, 2.24) is 0 Å². The summed E-state index contributed by atoms with van der Waals surface area (Å²) >= 11 is 0. The van der Waals surface area contributed by atoms with Gasteiger partial charge in [-0.2, -0.15) is 0 Å². The molecular formula is C31H20O9. The van der Waals surface area contributed by atoms with Crippen LogP contribution < -0.4 is 10.9 Å². The number of rotatable bonds is 3. The second kappa shape index (κ2) is 8.95. The highest BCUT2D eigenvalue weighted by atomic mass is 16.3. The van der Waals surface area contributed by atoms with Gasteiger partial charge in [-0.3, -0.25) is 9.59 Å². The van der Waals surface area contributed by atoms with E-state index in [-0.39, 0.29) is 39.2 Å². The molecule has 5 N–H and O–H groups in total. The Hall–Kier alpha value is -5.70. The number of fused-ring (bicyclic) bond motifs is 2. The van der Waals surface area contributed by atoms with E-state index in [0.717, 1.165) is 23.8 Å². The van der Waals surface area contributed by atoms with Gasteiger partial charge in [-0.15, -0.1) is 0 Å². The maximum absolute atomic E-state index is 13.1. The Balaban J connectivity index is 1.56. The topological polar surface area (TPSA) is 162 Å². The normalized spacial score (nSPS) is 11.3. The van der Waals surface area contributed by atoms with E-state index in [1.165, 1.54) is 30.3 Å². The summed E-state index contributed by atoms with van der Waals surface area (Å²) in [4.78, 5) is 26.1. The number of benzene rings is 4. The number of hydrogen-bond donors (Lipinski definition) is 5. The van der Waals surface area contributed by atoms with Crippen LogP contribution >= 0.6 is 0 Å². The van der Waals surface area contributed by atoms with Crippen molar-refractivity contribution in [3.8, 4) is 62.5 Å². The fraction of sp³-hybridized carbons (Fsp3) is 0.0323. The van der Waals surface area contributed by atoms with Gasteiger partial charge in [0.1, 0.15) is 62.2 Å². The highest BCUT2D eigenvalue weighted by Gasteiger charge is 2.26. The third-order valence-electron chi connectivity index (χ3n) is 6.68. The molecule has 0 aliphatic rings. The molecule has 9 heteroatoms. The van der Waals surface area contributed by atoms with Crippen LogP contribution in [0.2, 0.25) is 0 Å². The predicted molar refractivity (Wildman–Crippen MR) is 148 cm³/mol. The molecule has 2 heterocycles. The molecule has 9 nitrogen and oxygen atoms in total. The Morgan fingerprint density at radius 1 is 0.550 bits per heavy atom. The molecular weight excluding hydrogens is 516 g/mol. The summed E-state index contributed by atoms with van der Waals surface area (Å²) in [5.74, 6) is -2.45. The van der Waals surface area contributed by atoms with E-state index < -0.39 is 45.0 Å². The van der Waals surface area contributed by atoms with E-state index in [1.54, 1.807) is 12.1 Å². The van der Waals surface area contributed by atoms with Crippen LogP contribution in [0.5, 0.6) is 28.7 Å². The molecule has 0 amide bonds. The molecule has 0 saturated heterocycles. The number of phenols is 5. The quantitative estimate of drug-likeness (QED) is 0.190. The Kier molecular flexibility index (Phi) is 5.51. The minimum absolute atomic E-state index is 0.0160. The fourth-order valence-electron chi connectivity index (χ4n) is 4.70. The van der Waals surface area contributed by atoms with Crippen LogP contribution in [0.4, 0.5) is 0 Å². The van der Waals surface area contributed by atoms with Gasteiger partial charge in [0, 0.05) is 35.4 Å². The van der Waals surface area contributed by atoms with Gasteiger partial charge < -0.3 is 34.4 Å². The lowest BCUT2D eigenvalue weighted by molar-refractivity contribution is 0.441. The van der Waals surface area contributed by atoms with Crippen LogP contribution in [0.3, 0.4) is 0 Å². The van der Waals surface area contributed by atoms with Gasteiger partial charge in [0.25, 0.3) is 0 Å². The Bertz CT molecular complexity index is 1930. The minimum Gasteiger partial charge on any atom is -0.508 e. The van der Waals surface area contributed by atoms with E-state index in [4.69, 9.17) is 8.83 Å². The van der Waals surface area contributed by atoms with Crippen molar-refractivity contribution in [2.24, 2.45) is 0 Å². The average Bonchev–Trinajstić information content (AvgIpc) is 2.90. The van der Waals surface area contributed by atoms with E-state index in [1.807, 2.05) is 19.1 Å². The van der Waals surface area contributed by atoms with Gasteiger partial charge >= 0.3 is 0 Å². The standard InChI is InChI=1S/C31H20O9/c1-14-2-4-15(5-3-14)22-10-18(33)26-24(39-22)12-20(35)28(30(26)37)29-21(36)13-25-27(31(29)38)19(34)11-23(40-25)16-6-8-17(32)9-7-16/h2-13,32,35-38H,1H3. The Morgan fingerprint density at radius 3 is 1.38 bits per heavy atom. The van der Waals surface area contributed by atoms with E-state index in [9.17, 15) is 35.1 Å². The zero-order valence-corrected chi connectivity index (χ0v) is 20.8. The molecule has 0 atom stereocenters. The third-order valence-corrected chi connectivity index (χ3v) is 6.68. The van der Waals surface area contributed by atoms with Crippen molar-refractivity contribution < 1.29 is 34.4 Å². The number of phenolic OH excluding ortho intramolecular Hbond substituents is 5. The number of hydrogen-bond acceptors (Lipinski definition) is 9. The average molecular weight is 536 g/mol. The van der Waals surface area contributed by atoms with Gasteiger partial charge in [-0.25, -0.2) is 0 Å². The third kappa shape index (κ3) is 3.88. The molecule has 0 spiro atoms. The van der Waals surface area contributed by atoms with Gasteiger partial charge in [-0.05, 0) is 31.2 Å². The first-order valence-corrected chi connectivity index (χ1v) is 12.0. The van der Waals surface area contributed by atoms with Gasteiger partial charge in [-0.1, -0.05) is 29.8 Å². The molecule has 2 aromatic heterocycles. The van der Waals surface area contributed by atoms with Crippen molar-refractivity contribution in [2.75, 3.05) is 0 Å². The first kappa shape index (κ1) is 24.6. The van der Waals surface area contributed by atoms with E-state index in [2.05, 4.69) is 0 Å². The highest BCUT2D eigenvalue weighted by Crippen LogP contribution is 2.51. The summed E-state index contributed by atoms with van der Waals surface area (Å²) in [6, 6.07) is 17.5. The van der Waals surface area contributed by atoms with Crippen molar-refractivity contribution in [3.63, 3.8) is 0 Å². The lowest BCUT2D eigenvalue weighted by Gasteiger charge is -2.15. The monoisotopic (exact) mass is 536 g/mol. The maximum Gasteiger partial charge on any atom is 0.197 e. The SMILES string of the molecule is Cc1ccc(-c2cc(=O)c3c(O)c(-c4c(O)cc5oc(-c6ccc(O)cc6)cc(=O)c5c4O)c(O)cc3o2)cc1. The minimum atomic E-state index is -0.772. The van der Waals surface area contributed by atoms with E-state index >= 15 is 0 Å². The zero-order valence-electron chi connectivity index (χ0n) is 20.8. The molecule has 0 aliphatic carbocycles. The second-order valence-electron chi connectivity index (χ2n) is 9.35. The smallest absolute Gasteiger partial charge is 0.197 e. The fourth-order valence-corrected chi connectivity index (χ4v) is 4.70. The van der Waals surface area contributed by atoms with E-state index in [0.29, 0.717) is 11.1 Å². The largest absolute Gasteiger partial charge is 0.508 e. The molecule has 6 rings (SSSR count). The number of aromatic hydroxyl groups is 5. The number of aryl methyl sites for hydroxylation is 1. The molecule has 0 unspecified atom stereocenters. The van der Waals surface area contributed by atoms with Crippen LogP contribution in [0.15, 0.2) is 91.2 Å². The van der Waals surface area contributed by atoms with Crippen molar-refractivity contribution in [1.29, 1.82) is 0 Å². The Morgan fingerprint density at radius 2 is 0.950 bits per heavy atom. The van der Waals surface area contributed by atoms with Gasteiger partial charge in [0.05, 0.1) is 11.1 Å². The lowest BCUT2D eigenvalue weighted by atomic mass is 9.96. The van der Waals surface area contributed by atoms with Gasteiger partial charge in [0.2, 0.25) is 0 Å². The van der Waals surface area contributed by atoms with Crippen LogP contribution in [0, 0.1) is 6.92 Å². The van der Waals surface area contributed by atoms with Crippen LogP contribution in [0.25, 0.3) is 55.7 Å². The summed E-state index contributed by atoms with van der Waals surface area (Å²) in [6.45, 7) is 1.91. The highest BCUT2D eigenvalue weighted by molar-refractivity contribution is 6.02. The van der Waals surface area contributed by atoms with Crippen LogP contribution in [0.1, 0.15) is 5.56 Å². The molecule has 0 saturated carbocycles. The predicted octanol–water partition coefficient (Wildman–Crippen LogP) is 5.74. The molecule has 0 radical (unpaired) electrons. The molecule has 6 aromatic rings. The second-order valence-corrected chi connectivity index (χ2v) is 9.35.